The molecule has 0 fully saturated rings. The maximum atomic E-state index is 11.8. The van der Waals surface area contributed by atoms with Gasteiger partial charge in [-0.25, -0.2) is 0 Å². The fraction of sp³-hybridized carbons (Fsp3) is 0.200. The highest BCUT2D eigenvalue weighted by Crippen LogP contribution is 2.15. The molecule has 19 heavy (non-hydrogen) atoms. The molecule has 1 aromatic carbocycles. The normalized spacial score (nSPS) is 10.2. The minimum absolute atomic E-state index is 0.0773. The molecule has 98 valence electrons. The van der Waals surface area contributed by atoms with Crippen LogP contribution < -0.4 is 5.32 Å². The lowest BCUT2D eigenvalue weighted by Crippen LogP contribution is -2.14. The fourth-order valence-electron chi connectivity index (χ4n) is 1.78. The van der Waals surface area contributed by atoms with Crippen LogP contribution in [0.3, 0.4) is 0 Å². The van der Waals surface area contributed by atoms with E-state index in [2.05, 4.69) is 10.3 Å². The molecule has 0 atom stereocenters. The van der Waals surface area contributed by atoms with Crippen molar-refractivity contribution < 1.29 is 9.90 Å². The molecule has 2 rings (SSSR count). The largest absolute Gasteiger partial charge is 0.392 e. The third kappa shape index (κ3) is 3.89. The third-order valence-electron chi connectivity index (χ3n) is 2.80. The van der Waals surface area contributed by atoms with Crippen LogP contribution in [0.4, 0.5) is 5.69 Å². The third-order valence-corrected chi connectivity index (χ3v) is 2.80. The Bertz CT molecular complexity index is 541. The van der Waals surface area contributed by atoms with Gasteiger partial charge in [-0.15, -0.1) is 0 Å². The molecule has 0 aliphatic heterocycles. The number of para-hydroxylation sites is 1. The zero-order chi connectivity index (χ0) is 13.5. The number of carbonyl (C=O) groups excluding carboxylic acids is 1. The number of aliphatic hydroxyl groups excluding tert-OH is 1. The van der Waals surface area contributed by atoms with Crippen LogP contribution in [0.1, 0.15) is 17.7 Å². The number of amides is 1. The summed E-state index contributed by atoms with van der Waals surface area (Å²) in [5, 5.41) is 12.0. The van der Waals surface area contributed by atoms with Gasteiger partial charge in [0.1, 0.15) is 0 Å². The first-order chi connectivity index (χ1) is 9.29. The monoisotopic (exact) mass is 256 g/mol. The van der Waals surface area contributed by atoms with Gasteiger partial charge in [0.2, 0.25) is 5.91 Å². The quantitative estimate of drug-likeness (QED) is 0.861. The van der Waals surface area contributed by atoms with Crippen LogP contribution in [0, 0.1) is 0 Å². The molecule has 0 radical (unpaired) electrons. The standard InChI is InChI=1S/C15H16N2O2/c18-11-12-5-1-2-7-14(12)17-15(19)9-8-13-6-3-4-10-16-13/h1-7,10,18H,8-9,11H2,(H,17,19). The summed E-state index contributed by atoms with van der Waals surface area (Å²) in [5.41, 5.74) is 2.28. The van der Waals surface area contributed by atoms with Gasteiger partial charge in [-0.05, 0) is 24.6 Å². The van der Waals surface area contributed by atoms with Crippen molar-refractivity contribution in [1.29, 1.82) is 0 Å². The molecule has 0 saturated heterocycles. The predicted octanol–water partition coefficient (Wildman–Crippen LogP) is 2.15. The average Bonchev–Trinajstić information content (AvgIpc) is 2.47. The number of nitrogens with zero attached hydrogens (tertiary/aromatic N) is 1. The summed E-state index contributed by atoms with van der Waals surface area (Å²) in [6.45, 7) is -0.0866. The molecule has 1 aromatic heterocycles. The van der Waals surface area contributed by atoms with E-state index in [4.69, 9.17) is 0 Å². The van der Waals surface area contributed by atoms with Crippen LogP contribution in [0.2, 0.25) is 0 Å². The van der Waals surface area contributed by atoms with Gasteiger partial charge in [-0.3, -0.25) is 9.78 Å². The van der Waals surface area contributed by atoms with Gasteiger partial charge in [0.25, 0.3) is 0 Å². The highest BCUT2D eigenvalue weighted by atomic mass is 16.3. The SMILES string of the molecule is O=C(CCc1ccccn1)Nc1ccccc1CO. The van der Waals surface area contributed by atoms with Crippen LogP contribution >= 0.6 is 0 Å². The summed E-state index contributed by atoms with van der Waals surface area (Å²) in [6, 6.07) is 12.9. The molecule has 0 saturated carbocycles. The van der Waals surface area contributed by atoms with Gasteiger partial charge in [0, 0.05) is 29.6 Å². The van der Waals surface area contributed by atoms with E-state index in [1.807, 2.05) is 30.3 Å². The van der Waals surface area contributed by atoms with Crippen LogP contribution in [0.5, 0.6) is 0 Å². The Kier molecular flexibility index (Phi) is 4.64. The summed E-state index contributed by atoms with van der Waals surface area (Å²) in [5.74, 6) is -0.0773. The zero-order valence-electron chi connectivity index (χ0n) is 10.5. The number of aliphatic hydroxyl groups is 1. The lowest BCUT2D eigenvalue weighted by Gasteiger charge is -2.09. The first-order valence-electron chi connectivity index (χ1n) is 6.18. The molecule has 0 aliphatic rings. The highest BCUT2D eigenvalue weighted by Gasteiger charge is 2.06. The van der Waals surface area contributed by atoms with Gasteiger partial charge in [0.15, 0.2) is 0 Å². The second-order valence-corrected chi connectivity index (χ2v) is 4.18. The van der Waals surface area contributed by atoms with E-state index in [-0.39, 0.29) is 12.5 Å². The molecule has 0 aliphatic carbocycles. The lowest BCUT2D eigenvalue weighted by atomic mass is 10.1. The molecule has 2 N–H and O–H groups in total. The molecule has 0 bridgehead atoms. The van der Waals surface area contributed by atoms with E-state index in [1.54, 1.807) is 18.3 Å². The first-order valence-corrected chi connectivity index (χ1v) is 6.18. The number of hydrogen-bond acceptors (Lipinski definition) is 3. The number of rotatable bonds is 5. The van der Waals surface area contributed by atoms with E-state index < -0.39 is 0 Å². The number of aromatic nitrogens is 1. The zero-order valence-corrected chi connectivity index (χ0v) is 10.5. The van der Waals surface area contributed by atoms with Gasteiger partial charge in [-0.2, -0.15) is 0 Å². The molecule has 1 heterocycles. The van der Waals surface area contributed by atoms with E-state index in [1.165, 1.54) is 0 Å². The molecular weight excluding hydrogens is 240 g/mol. The molecule has 0 unspecified atom stereocenters. The topological polar surface area (TPSA) is 62.2 Å². The van der Waals surface area contributed by atoms with Crippen LogP contribution in [-0.2, 0) is 17.8 Å². The van der Waals surface area contributed by atoms with Crippen molar-refractivity contribution in [3.05, 3.63) is 59.9 Å². The number of anilines is 1. The second kappa shape index (κ2) is 6.66. The number of carbonyl (C=O) groups is 1. The highest BCUT2D eigenvalue weighted by molar-refractivity contribution is 5.91. The maximum absolute atomic E-state index is 11.8. The van der Waals surface area contributed by atoms with Crippen LogP contribution in [-0.4, -0.2) is 16.0 Å². The summed E-state index contributed by atoms with van der Waals surface area (Å²) in [6.07, 6.45) is 2.69. The molecule has 0 spiro atoms. The van der Waals surface area contributed by atoms with Crippen molar-refractivity contribution in [3.8, 4) is 0 Å². The summed E-state index contributed by atoms with van der Waals surface area (Å²) < 4.78 is 0. The van der Waals surface area contributed by atoms with E-state index in [0.717, 1.165) is 5.69 Å². The minimum Gasteiger partial charge on any atom is -0.392 e. The number of aryl methyl sites for hydroxylation is 1. The Balaban J connectivity index is 1.91. The number of pyridine rings is 1. The van der Waals surface area contributed by atoms with Crippen molar-refractivity contribution in [2.75, 3.05) is 5.32 Å². The van der Waals surface area contributed by atoms with Crippen molar-refractivity contribution in [3.63, 3.8) is 0 Å². The van der Waals surface area contributed by atoms with Crippen molar-refractivity contribution in [2.45, 2.75) is 19.4 Å². The van der Waals surface area contributed by atoms with Gasteiger partial charge in [0.05, 0.1) is 6.61 Å². The second-order valence-electron chi connectivity index (χ2n) is 4.18. The van der Waals surface area contributed by atoms with Gasteiger partial charge >= 0.3 is 0 Å². The lowest BCUT2D eigenvalue weighted by molar-refractivity contribution is -0.116. The van der Waals surface area contributed by atoms with Gasteiger partial charge < -0.3 is 10.4 Å². The number of benzene rings is 1. The fourth-order valence-corrected chi connectivity index (χ4v) is 1.78. The summed E-state index contributed by atoms with van der Waals surface area (Å²) in [4.78, 5) is 16.0. The molecule has 1 amide bonds. The van der Waals surface area contributed by atoms with Crippen LogP contribution in [0.15, 0.2) is 48.7 Å². The average molecular weight is 256 g/mol. The number of hydrogen-bond donors (Lipinski definition) is 2. The molecular formula is C15H16N2O2. The smallest absolute Gasteiger partial charge is 0.224 e. The summed E-state index contributed by atoms with van der Waals surface area (Å²) >= 11 is 0. The first kappa shape index (κ1) is 13.2. The Labute approximate surface area is 112 Å². The van der Waals surface area contributed by atoms with Crippen molar-refractivity contribution in [1.82, 2.24) is 4.98 Å². The van der Waals surface area contributed by atoms with Crippen molar-refractivity contribution in [2.24, 2.45) is 0 Å². The van der Waals surface area contributed by atoms with E-state index >= 15 is 0 Å². The Hall–Kier alpha value is -2.20. The van der Waals surface area contributed by atoms with Crippen molar-refractivity contribution >= 4 is 11.6 Å². The number of nitrogens with one attached hydrogen (secondary N) is 1. The Morgan fingerprint density at radius 3 is 2.68 bits per heavy atom. The van der Waals surface area contributed by atoms with Gasteiger partial charge in [-0.1, -0.05) is 24.3 Å². The van der Waals surface area contributed by atoms with E-state index in [9.17, 15) is 9.90 Å². The maximum Gasteiger partial charge on any atom is 0.224 e. The van der Waals surface area contributed by atoms with E-state index in [0.29, 0.717) is 24.1 Å². The van der Waals surface area contributed by atoms with Crippen LogP contribution in [0.25, 0.3) is 0 Å². The Morgan fingerprint density at radius 1 is 1.16 bits per heavy atom. The molecule has 2 aromatic rings. The predicted molar refractivity (Wildman–Crippen MR) is 73.6 cm³/mol. The summed E-state index contributed by atoms with van der Waals surface area (Å²) in [7, 11) is 0. The molecule has 4 nitrogen and oxygen atoms in total. The Morgan fingerprint density at radius 2 is 1.95 bits per heavy atom. The molecule has 4 heteroatoms. The minimum atomic E-state index is -0.0866.